The van der Waals surface area contributed by atoms with Crippen LogP contribution in [-0.4, -0.2) is 11.1 Å². The van der Waals surface area contributed by atoms with Crippen LogP contribution < -0.4 is 0 Å². The van der Waals surface area contributed by atoms with Gasteiger partial charge in [0.2, 0.25) is 0 Å². The minimum Gasteiger partial charge on any atom is -0.478 e. The number of unbranched alkanes of at least 4 members (excludes halogenated alkanes) is 9. The van der Waals surface area contributed by atoms with Gasteiger partial charge in [0.15, 0.2) is 0 Å². The van der Waals surface area contributed by atoms with E-state index in [9.17, 15) is 4.79 Å². The average Bonchev–Trinajstić information content (AvgIpc) is 2.50. The number of hydrogen-bond acceptors (Lipinski definition) is 1. The van der Waals surface area contributed by atoms with E-state index in [4.69, 9.17) is 5.11 Å². The molecule has 0 unspecified atom stereocenters. The van der Waals surface area contributed by atoms with Crippen LogP contribution in [0.15, 0.2) is 36.5 Å². The van der Waals surface area contributed by atoms with E-state index in [0.717, 1.165) is 25.7 Å². The van der Waals surface area contributed by atoms with E-state index >= 15 is 0 Å². The maximum Gasteiger partial charge on any atom is 0.327 e. The smallest absolute Gasteiger partial charge is 0.327 e. The molecule has 0 saturated heterocycles. The van der Waals surface area contributed by atoms with Crippen molar-refractivity contribution in [2.45, 2.75) is 84.0 Å². The molecule has 2 nitrogen and oxygen atoms in total. The largest absolute Gasteiger partial charge is 0.478 e. The molecule has 1 N–H and O–H groups in total. The third-order valence-corrected chi connectivity index (χ3v) is 3.55. The van der Waals surface area contributed by atoms with Crippen molar-refractivity contribution in [3.8, 4) is 0 Å². The van der Waals surface area contributed by atoms with E-state index in [2.05, 4.69) is 31.2 Å². The summed E-state index contributed by atoms with van der Waals surface area (Å²) in [6.07, 6.45) is 26.6. The van der Waals surface area contributed by atoms with Crippen molar-refractivity contribution in [1.29, 1.82) is 0 Å². The normalized spacial score (nSPS) is 12.0. The number of carboxylic acids is 1. The molecule has 0 aromatic carbocycles. The maximum absolute atomic E-state index is 10.3. The zero-order valence-corrected chi connectivity index (χ0v) is 14.3. The molecule has 0 rings (SSSR count). The highest BCUT2D eigenvalue weighted by molar-refractivity contribution is 5.79. The van der Waals surface area contributed by atoms with E-state index in [-0.39, 0.29) is 0 Å². The van der Waals surface area contributed by atoms with Gasteiger partial charge < -0.3 is 5.11 Å². The van der Waals surface area contributed by atoms with E-state index in [1.54, 1.807) is 6.08 Å². The van der Waals surface area contributed by atoms with Crippen LogP contribution in [0.1, 0.15) is 84.0 Å². The van der Waals surface area contributed by atoms with E-state index in [1.807, 2.05) is 0 Å². The van der Waals surface area contributed by atoms with Crippen LogP contribution in [0.3, 0.4) is 0 Å². The predicted molar refractivity (Wildman–Crippen MR) is 96.1 cm³/mol. The molecule has 2 heteroatoms. The highest BCUT2D eigenvalue weighted by Crippen LogP contribution is 2.06. The van der Waals surface area contributed by atoms with Gasteiger partial charge in [0, 0.05) is 6.08 Å². The zero-order chi connectivity index (χ0) is 16.3. The van der Waals surface area contributed by atoms with Gasteiger partial charge in [0.1, 0.15) is 0 Å². The molecule has 0 aromatic rings. The van der Waals surface area contributed by atoms with Crippen molar-refractivity contribution < 1.29 is 9.90 Å². The zero-order valence-electron chi connectivity index (χ0n) is 14.3. The van der Waals surface area contributed by atoms with Gasteiger partial charge in [-0.05, 0) is 64.2 Å². The maximum atomic E-state index is 10.3. The van der Waals surface area contributed by atoms with Crippen molar-refractivity contribution >= 4 is 5.97 Å². The highest BCUT2D eigenvalue weighted by Gasteiger charge is 1.88. The number of allylic oxidation sites excluding steroid dienone is 5. The van der Waals surface area contributed by atoms with Crippen LogP contribution in [-0.2, 0) is 4.79 Å². The summed E-state index contributed by atoms with van der Waals surface area (Å²) in [5.41, 5.74) is 0. The molecule has 0 radical (unpaired) electrons. The molecule has 0 aliphatic rings. The van der Waals surface area contributed by atoms with E-state index < -0.39 is 5.97 Å². The third kappa shape index (κ3) is 18.7. The lowest BCUT2D eigenvalue weighted by molar-refractivity contribution is -0.131. The first kappa shape index (κ1) is 20.7. The SMILES string of the molecule is CCCCC/C=C/CCCC/C=C/CCCC/C=C/C(=O)O. The van der Waals surface area contributed by atoms with Gasteiger partial charge in [-0.2, -0.15) is 0 Å². The minimum atomic E-state index is -0.851. The predicted octanol–water partition coefficient (Wildman–Crippen LogP) is 6.44. The molecular weight excluding hydrogens is 272 g/mol. The van der Waals surface area contributed by atoms with E-state index in [1.165, 1.54) is 57.4 Å². The molecule has 126 valence electrons. The third-order valence-electron chi connectivity index (χ3n) is 3.55. The average molecular weight is 306 g/mol. The lowest BCUT2D eigenvalue weighted by Gasteiger charge is -1.95. The first-order valence-corrected chi connectivity index (χ1v) is 8.96. The fourth-order valence-electron chi connectivity index (χ4n) is 2.22. The molecule has 0 spiro atoms. The van der Waals surface area contributed by atoms with Crippen LogP contribution in [0, 0.1) is 0 Å². The Kier molecular flexibility index (Phi) is 16.7. The Bertz CT molecular complexity index is 327. The Balaban J connectivity index is 3.22. The molecule has 0 atom stereocenters. The quantitative estimate of drug-likeness (QED) is 0.215. The Morgan fingerprint density at radius 1 is 0.682 bits per heavy atom. The summed E-state index contributed by atoms with van der Waals surface area (Å²) in [6, 6.07) is 0. The standard InChI is InChI=1S/C20H34O2/c1-2-3-4-5-6-7-8-9-10-11-12-13-14-15-16-17-18-19-20(21)22/h6-7,12-13,18-19H,2-5,8-11,14-17H2,1H3,(H,21,22)/b7-6+,13-12+,19-18+. The molecule has 0 aliphatic carbocycles. The lowest BCUT2D eigenvalue weighted by atomic mass is 10.1. The van der Waals surface area contributed by atoms with Crippen LogP contribution in [0.4, 0.5) is 0 Å². The minimum absolute atomic E-state index is 0.851. The second-order valence-corrected chi connectivity index (χ2v) is 5.75. The summed E-state index contributed by atoms with van der Waals surface area (Å²) in [4.78, 5) is 10.3. The van der Waals surface area contributed by atoms with Gasteiger partial charge in [-0.25, -0.2) is 4.79 Å². The molecule has 0 aliphatic heterocycles. The van der Waals surface area contributed by atoms with Gasteiger partial charge in [0.05, 0.1) is 0 Å². The molecular formula is C20H34O2. The van der Waals surface area contributed by atoms with Crippen molar-refractivity contribution in [2.24, 2.45) is 0 Å². The van der Waals surface area contributed by atoms with Crippen LogP contribution in [0.25, 0.3) is 0 Å². The molecule has 22 heavy (non-hydrogen) atoms. The van der Waals surface area contributed by atoms with Gasteiger partial charge >= 0.3 is 5.97 Å². The fourth-order valence-corrected chi connectivity index (χ4v) is 2.22. The molecule has 0 saturated carbocycles. The van der Waals surface area contributed by atoms with Crippen molar-refractivity contribution in [2.75, 3.05) is 0 Å². The van der Waals surface area contributed by atoms with Gasteiger partial charge in [0.25, 0.3) is 0 Å². The van der Waals surface area contributed by atoms with Crippen molar-refractivity contribution in [3.63, 3.8) is 0 Å². The summed E-state index contributed by atoms with van der Waals surface area (Å²) < 4.78 is 0. The summed E-state index contributed by atoms with van der Waals surface area (Å²) in [5, 5.41) is 8.44. The van der Waals surface area contributed by atoms with Gasteiger partial charge in [-0.15, -0.1) is 0 Å². The number of rotatable bonds is 15. The Hall–Kier alpha value is -1.31. The van der Waals surface area contributed by atoms with Crippen LogP contribution >= 0.6 is 0 Å². The van der Waals surface area contributed by atoms with Gasteiger partial charge in [-0.1, -0.05) is 50.1 Å². The summed E-state index contributed by atoms with van der Waals surface area (Å²) in [5.74, 6) is -0.851. The second kappa shape index (κ2) is 17.7. The van der Waals surface area contributed by atoms with Crippen molar-refractivity contribution in [3.05, 3.63) is 36.5 Å². The molecule has 0 fully saturated rings. The monoisotopic (exact) mass is 306 g/mol. The first-order valence-electron chi connectivity index (χ1n) is 8.96. The van der Waals surface area contributed by atoms with Gasteiger partial charge in [-0.3, -0.25) is 0 Å². The Morgan fingerprint density at radius 3 is 1.41 bits per heavy atom. The number of carbonyl (C=O) groups is 1. The topological polar surface area (TPSA) is 37.3 Å². The first-order chi connectivity index (χ1) is 10.8. The fraction of sp³-hybridized carbons (Fsp3) is 0.650. The molecule has 0 heterocycles. The van der Waals surface area contributed by atoms with Crippen molar-refractivity contribution in [1.82, 2.24) is 0 Å². The summed E-state index contributed by atoms with van der Waals surface area (Å²) in [6.45, 7) is 2.24. The Morgan fingerprint density at radius 2 is 1.05 bits per heavy atom. The second-order valence-electron chi connectivity index (χ2n) is 5.75. The van der Waals surface area contributed by atoms with Crippen LogP contribution in [0.5, 0.6) is 0 Å². The molecule has 0 bridgehead atoms. The Labute approximate surface area is 137 Å². The number of hydrogen-bond donors (Lipinski definition) is 1. The lowest BCUT2D eigenvalue weighted by Crippen LogP contribution is -1.85. The summed E-state index contributed by atoms with van der Waals surface area (Å²) >= 11 is 0. The number of aliphatic carboxylic acids is 1. The molecule has 0 amide bonds. The highest BCUT2D eigenvalue weighted by atomic mass is 16.4. The van der Waals surface area contributed by atoms with E-state index in [0.29, 0.717) is 0 Å². The summed E-state index contributed by atoms with van der Waals surface area (Å²) in [7, 11) is 0. The number of carboxylic acid groups (broad SMARTS) is 1. The van der Waals surface area contributed by atoms with Crippen LogP contribution in [0.2, 0.25) is 0 Å². The molecule has 0 aromatic heterocycles.